The standard InChI is InChI=1S/C22H26N6.C4H4O4/c1-26(2)10-16-9-23-21-5-4-15(8-19(16)21)20-6-7-22(25-24-20)28-13-17-11-27(3)12-18(17)14-28;5-3(6)1-2-4(7)8/h4-9,11,18,23H,10,12-14H2,1-3H3;1-2H,(H,5,6)(H,7,8). The molecule has 0 saturated carbocycles. The van der Waals surface area contributed by atoms with Gasteiger partial charge >= 0.3 is 11.9 Å². The number of hydrogen-bond donors (Lipinski definition) is 3. The predicted molar refractivity (Wildman–Crippen MR) is 138 cm³/mol. The van der Waals surface area contributed by atoms with E-state index < -0.39 is 11.9 Å². The van der Waals surface area contributed by atoms with E-state index in [9.17, 15) is 9.59 Å². The van der Waals surface area contributed by atoms with E-state index in [1.807, 2.05) is 0 Å². The summed E-state index contributed by atoms with van der Waals surface area (Å²) in [6, 6.07) is 10.7. The van der Waals surface area contributed by atoms with Gasteiger partial charge in [0.1, 0.15) is 0 Å². The maximum Gasteiger partial charge on any atom is 0.328 e. The molecule has 188 valence electrons. The topological polar surface area (TPSA) is 126 Å². The average Bonchev–Trinajstić information content (AvgIpc) is 3.51. The van der Waals surface area contributed by atoms with Crippen molar-refractivity contribution >= 4 is 28.7 Å². The summed E-state index contributed by atoms with van der Waals surface area (Å²) < 4.78 is 0. The number of anilines is 1. The molecular formula is C26H30N6O4. The molecular weight excluding hydrogens is 460 g/mol. The Bertz CT molecular complexity index is 1300. The number of fused-ring (bicyclic) bond motifs is 2. The van der Waals surface area contributed by atoms with Crippen LogP contribution >= 0.6 is 0 Å². The third-order valence-corrected chi connectivity index (χ3v) is 6.13. The van der Waals surface area contributed by atoms with Gasteiger partial charge in [-0.05, 0) is 49.5 Å². The Morgan fingerprint density at radius 3 is 2.47 bits per heavy atom. The number of nitrogens with zero attached hydrogens (tertiary/aromatic N) is 5. The second-order valence-corrected chi connectivity index (χ2v) is 9.32. The lowest BCUT2D eigenvalue weighted by atomic mass is 10.1. The number of aromatic amines is 1. The average molecular weight is 491 g/mol. The second-order valence-electron chi connectivity index (χ2n) is 9.32. The lowest BCUT2D eigenvalue weighted by Crippen LogP contribution is -2.25. The van der Waals surface area contributed by atoms with Gasteiger partial charge < -0.3 is 29.9 Å². The van der Waals surface area contributed by atoms with Gasteiger partial charge in [-0.25, -0.2) is 9.59 Å². The van der Waals surface area contributed by atoms with Crippen LogP contribution in [0.2, 0.25) is 0 Å². The SMILES string of the molecule is CN(C)Cc1c[nH]c2ccc(-c3ccc(N4CC5=CN(C)CC5C4)nn3)cc12.O=C(O)C=CC(=O)O. The number of nitrogens with one attached hydrogen (secondary N) is 1. The highest BCUT2D eigenvalue weighted by Gasteiger charge is 2.32. The Morgan fingerprint density at radius 1 is 1.11 bits per heavy atom. The van der Waals surface area contributed by atoms with Gasteiger partial charge in [-0.15, -0.1) is 10.2 Å². The minimum absolute atomic E-state index is 0.558. The molecule has 5 rings (SSSR count). The zero-order valence-electron chi connectivity index (χ0n) is 20.5. The number of aliphatic carboxylic acids is 2. The summed E-state index contributed by atoms with van der Waals surface area (Å²) >= 11 is 0. The summed E-state index contributed by atoms with van der Waals surface area (Å²) in [5.41, 5.74) is 6.00. The number of H-pyrrole nitrogens is 1. The van der Waals surface area contributed by atoms with E-state index in [0.29, 0.717) is 18.1 Å². The largest absolute Gasteiger partial charge is 0.478 e. The number of carboxylic acid groups (broad SMARTS) is 2. The Kier molecular flexibility index (Phi) is 7.35. The van der Waals surface area contributed by atoms with Gasteiger partial charge in [0.25, 0.3) is 0 Å². The van der Waals surface area contributed by atoms with Gasteiger partial charge in [-0.3, -0.25) is 0 Å². The maximum absolute atomic E-state index is 9.55. The molecule has 1 saturated heterocycles. The summed E-state index contributed by atoms with van der Waals surface area (Å²) in [4.78, 5) is 29.3. The van der Waals surface area contributed by atoms with E-state index >= 15 is 0 Å². The van der Waals surface area contributed by atoms with Crippen LogP contribution in [0.3, 0.4) is 0 Å². The summed E-state index contributed by atoms with van der Waals surface area (Å²) in [5, 5.41) is 26.0. The van der Waals surface area contributed by atoms with Crippen molar-refractivity contribution in [3.63, 3.8) is 0 Å². The molecule has 0 amide bonds. The third kappa shape index (κ3) is 5.89. The number of rotatable bonds is 6. The molecule has 2 aliphatic rings. The Balaban J connectivity index is 0.000000331. The zero-order chi connectivity index (χ0) is 25.8. The first-order chi connectivity index (χ1) is 17.2. The highest BCUT2D eigenvalue weighted by Crippen LogP contribution is 2.32. The molecule has 3 N–H and O–H groups in total. The molecule has 4 heterocycles. The molecule has 36 heavy (non-hydrogen) atoms. The van der Waals surface area contributed by atoms with Crippen molar-refractivity contribution in [2.45, 2.75) is 6.54 Å². The molecule has 2 aromatic heterocycles. The molecule has 0 bridgehead atoms. The van der Waals surface area contributed by atoms with Crippen LogP contribution in [-0.2, 0) is 16.1 Å². The van der Waals surface area contributed by atoms with E-state index in [1.165, 1.54) is 16.5 Å². The van der Waals surface area contributed by atoms with Gasteiger partial charge in [0.15, 0.2) is 5.82 Å². The zero-order valence-corrected chi connectivity index (χ0v) is 20.5. The molecule has 0 spiro atoms. The van der Waals surface area contributed by atoms with Crippen LogP contribution in [0.25, 0.3) is 22.2 Å². The van der Waals surface area contributed by atoms with Gasteiger partial charge in [0, 0.05) is 80.2 Å². The monoisotopic (exact) mass is 490 g/mol. The smallest absolute Gasteiger partial charge is 0.328 e. The lowest BCUT2D eigenvalue weighted by molar-refractivity contribution is -0.134. The molecule has 1 unspecified atom stereocenters. The van der Waals surface area contributed by atoms with Gasteiger partial charge in [-0.2, -0.15) is 0 Å². The highest BCUT2D eigenvalue weighted by molar-refractivity contribution is 5.89. The van der Waals surface area contributed by atoms with Crippen molar-refractivity contribution < 1.29 is 19.8 Å². The fourth-order valence-corrected chi connectivity index (χ4v) is 4.58. The molecule has 10 heteroatoms. The van der Waals surface area contributed by atoms with Crippen molar-refractivity contribution in [1.82, 2.24) is 25.0 Å². The first-order valence-corrected chi connectivity index (χ1v) is 11.6. The first-order valence-electron chi connectivity index (χ1n) is 11.6. The minimum Gasteiger partial charge on any atom is -0.478 e. The number of carbonyl (C=O) groups is 2. The third-order valence-electron chi connectivity index (χ3n) is 6.13. The van der Waals surface area contributed by atoms with Crippen molar-refractivity contribution in [3.8, 4) is 11.3 Å². The van der Waals surface area contributed by atoms with Gasteiger partial charge in [0.05, 0.1) is 5.69 Å². The first kappa shape index (κ1) is 24.9. The van der Waals surface area contributed by atoms with E-state index in [0.717, 1.165) is 48.8 Å². The van der Waals surface area contributed by atoms with E-state index in [1.54, 1.807) is 0 Å². The van der Waals surface area contributed by atoms with Crippen LogP contribution in [0.1, 0.15) is 5.56 Å². The number of aromatic nitrogens is 3. The molecule has 1 aromatic carbocycles. The molecule has 3 aromatic rings. The van der Waals surface area contributed by atoms with Crippen molar-refractivity contribution in [2.24, 2.45) is 5.92 Å². The van der Waals surface area contributed by atoms with Crippen LogP contribution in [-0.4, -0.2) is 87.9 Å². The molecule has 0 aliphatic carbocycles. The fourth-order valence-electron chi connectivity index (χ4n) is 4.58. The van der Waals surface area contributed by atoms with Crippen LogP contribution < -0.4 is 4.90 Å². The van der Waals surface area contributed by atoms with Gasteiger partial charge in [-0.1, -0.05) is 6.07 Å². The predicted octanol–water partition coefficient (Wildman–Crippen LogP) is 2.66. The molecule has 10 nitrogen and oxygen atoms in total. The Morgan fingerprint density at radius 2 is 1.86 bits per heavy atom. The number of carboxylic acids is 2. The minimum atomic E-state index is -1.26. The van der Waals surface area contributed by atoms with Crippen LogP contribution in [0, 0.1) is 5.92 Å². The van der Waals surface area contributed by atoms with Crippen molar-refractivity contribution in [3.05, 3.63) is 66.0 Å². The van der Waals surface area contributed by atoms with E-state index in [2.05, 4.69) is 93.8 Å². The Labute approximate surface area is 209 Å². The molecule has 2 aliphatic heterocycles. The molecule has 1 atom stereocenters. The Hall–Kier alpha value is -4.18. The van der Waals surface area contributed by atoms with Crippen LogP contribution in [0.15, 0.2) is 60.5 Å². The summed E-state index contributed by atoms with van der Waals surface area (Å²) in [6.45, 7) is 4.03. The lowest BCUT2D eigenvalue weighted by Gasteiger charge is -2.18. The summed E-state index contributed by atoms with van der Waals surface area (Å²) in [7, 11) is 6.33. The van der Waals surface area contributed by atoms with E-state index in [-0.39, 0.29) is 0 Å². The number of hydrogen-bond acceptors (Lipinski definition) is 7. The summed E-state index contributed by atoms with van der Waals surface area (Å²) in [5.74, 6) is -0.907. The van der Waals surface area contributed by atoms with Crippen LogP contribution in [0.5, 0.6) is 0 Å². The normalized spacial score (nSPS) is 16.9. The number of benzene rings is 1. The van der Waals surface area contributed by atoms with Crippen molar-refractivity contribution in [1.29, 1.82) is 0 Å². The summed E-state index contributed by atoms with van der Waals surface area (Å²) in [6.07, 6.45) is 5.49. The molecule has 0 radical (unpaired) electrons. The highest BCUT2D eigenvalue weighted by atomic mass is 16.4. The van der Waals surface area contributed by atoms with Crippen molar-refractivity contribution in [2.75, 3.05) is 45.7 Å². The van der Waals surface area contributed by atoms with Gasteiger partial charge in [0.2, 0.25) is 0 Å². The maximum atomic E-state index is 9.55. The quantitative estimate of drug-likeness (QED) is 0.447. The second kappa shape index (κ2) is 10.6. The fraction of sp³-hybridized carbons (Fsp3) is 0.308. The van der Waals surface area contributed by atoms with E-state index in [4.69, 9.17) is 10.2 Å². The van der Waals surface area contributed by atoms with Crippen LogP contribution in [0.4, 0.5) is 5.82 Å². The molecule has 1 fully saturated rings.